The molecule has 0 spiro atoms. The van der Waals surface area contributed by atoms with E-state index in [-0.39, 0.29) is 29.9 Å². The van der Waals surface area contributed by atoms with Gasteiger partial charge < -0.3 is 15.4 Å². The van der Waals surface area contributed by atoms with Crippen molar-refractivity contribution in [3.8, 4) is 5.69 Å². The number of rotatable bonds is 7. The van der Waals surface area contributed by atoms with Crippen LogP contribution in [0, 0.1) is 5.92 Å². The quantitative estimate of drug-likeness (QED) is 0.734. The Kier molecular flexibility index (Phi) is 8.10. The highest BCUT2D eigenvalue weighted by atomic mass is 35.5. The number of para-hydroxylation sites is 2. The Morgan fingerprint density at radius 3 is 2.68 bits per heavy atom. The number of benzene rings is 1. The Morgan fingerprint density at radius 2 is 2.00 bits per heavy atom. The lowest BCUT2D eigenvalue weighted by Gasteiger charge is -2.14. The van der Waals surface area contributed by atoms with Gasteiger partial charge in [0.2, 0.25) is 5.91 Å². The van der Waals surface area contributed by atoms with E-state index in [1.54, 1.807) is 37.0 Å². The van der Waals surface area contributed by atoms with Crippen molar-refractivity contribution in [3.05, 3.63) is 42.2 Å². The van der Waals surface area contributed by atoms with Crippen molar-refractivity contribution in [2.45, 2.75) is 13.8 Å². The SMILES string of the molecule is CCOC(=O)c1ccn(-c2ccccc2NC(=O)C(C)CNC)n1.Cl. The molecule has 0 saturated heterocycles. The van der Waals surface area contributed by atoms with Crippen LogP contribution < -0.4 is 10.6 Å². The van der Waals surface area contributed by atoms with Gasteiger partial charge in [0.25, 0.3) is 0 Å². The number of nitrogens with zero attached hydrogens (tertiary/aromatic N) is 2. The minimum atomic E-state index is -0.472. The van der Waals surface area contributed by atoms with E-state index in [4.69, 9.17) is 4.74 Å². The second-order valence-corrected chi connectivity index (χ2v) is 5.33. The fourth-order valence-corrected chi connectivity index (χ4v) is 2.21. The number of esters is 1. The normalized spacial score (nSPS) is 11.3. The molecular weight excluding hydrogens is 344 g/mol. The Bertz CT molecular complexity index is 717. The van der Waals surface area contributed by atoms with Gasteiger partial charge in [0.05, 0.1) is 18.0 Å². The van der Waals surface area contributed by atoms with Crippen LogP contribution >= 0.6 is 12.4 Å². The molecule has 136 valence electrons. The maximum atomic E-state index is 12.2. The summed E-state index contributed by atoms with van der Waals surface area (Å²) in [6.45, 7) is 4.47. The zero-order valence-corrected chi connectivity index (χ0v) is 15.3. The summed E-state index contributed by atoms with van der Waals surface area (Å²) in [5.74, 6) is -0.731. The molecule has 1 aromatic heterocycles. The highest BCUT2D eigenvalue weighted by molar-refractivity contribution is 5.94. The number of amides is 1. The van der Waals surface area contributed by atoms with E-state index in [1.165, 1.54) is 0 Å². The van der Waals surface area contributed by atoms with Crippen LogP contribution in [-0.2, 0) is 9.53 Å². The van der Waals surface area contributed by atoms with Gasteiger partial charge in [-0.15, -0.1) is 12.4 Å². The first-order chi connectivity index (χ1) is 11.6. The van der Waals surface area contributed by atoms with Gasteiger partial charge in [0.1, 0.15) is 0 Å². The van der Waals surface area contributed by atoms with E-state index < -0.39 is 5.97 Å². The monoisotopic (exact) mass is 366 g/mol. The summed E-state index contributed by atoms with van der Waals surface area (Å²) in [6.07, 6.45) is 1.66. The molecule has 1 atom stereocenters. The van der Waals surface area contributed by atoms with Gasteiger partial charge in [0.15, 0.2) is 5.69 Å². The third-order valence-electron chi connectivity index (χ3n) is 3.44. The molecule has 0 bridgehead atoms. The third kappa shape index (κ3) is 5.30. The van der Waals surface area contributed by atoms with Crippen LogP contribution in [0.3, 0.4) is 0 Å². The topological polar surface area (TPSA) is 85.2 Å². The van der Waals surface area contributed by atoms with Crippen LogP contribution in [0.4, 0.5) is 5.69 Å². The zero-order chi connectivity index (χ0) is 17.5. The van der Waals surface area contributed by atoms with Gasteiger partial charge in [-0.05, 0) is 32.2 Å². The lowest BCUT2D eigenvalue weighted by molar-refractivity contribution is -0.119. The largest absolute Gasteiger partial charge is 0.461 e. The number of nitrogens with one attached hydrogen (secondary N) is 2. The first kappa shape index (κ1) is 20.7. The van der Waals surface area contributed by atoms with Crippen LogP contribution in [0.15, 0.2) is 36.5 Å². The number of hydrogen-bond donors (Lipinski definition) is 2. The molecule has 2 rings (SSSR count). The summed E-state index contributed by atoms with van der Waals surface area (Å²) in [7, 11) is 1.80. The van der Waals surface area contributed by atoms with Gasteiger partial charge >= 0.3 is 5.97 Å². The molecule has 1 unspecified atom stereocenters. The van der Waals surface area contributed by atoms with Crippen molar-refractivity contribution in [1.29, 1.82) is 0 Å². The fraction of sp³-hybridized carbons (Fsp3) is 0.353. The molecule has 0 fully saturated rings. The lowest BCUT2D eigenvalue weighted by atomic mass is 10.1. The molecule has 0 aliphatic heterocycles. The second kappa shape index (κ2) is 9.80. The predicted octanol–water partition coefficient (Wildman–Crippen LogP) is 2.26. The van der Waals surface area contributed by atoms with E-state index in [0.29, 0.717) is 24.5 Å². The standard InChI is InChI=1S/C17H22N4O3.ClH/c1-4-24-17(23)14-9-10-21(20-14)15-8-6-5-7-13(15)19-16(22)12(2)11-18-3;/h5-10,12,18H,4,11H2,1-3H3,(H,19,22);1H. The van der Waals surface area contributed by atoms with Crippen molar-refractivity contribution in [1.82, 2.24) is 15.1 Å². The van der Waals surface area contributed by atoms with E-state index >= 15 is 0 Å². The first-order valence-corrected chi connectivity index (χ1v) is 7.84. The van der Waals surface area contributed by atoms with Gasteiger partial charge in [-0.2, -0.15) is 5.10 Å². The van der Waals surface area contributed by atoms with Gasteiger partial charge in [-0.25, -0.2) is 9.48 Å². The van der Waals surface area contributed by atoms with Gasteiger partial charge in [0, 0.05) is 18.7 Å². The Labute approximate surface area is 153 Å². The molecule has 0 saturated carbocycles. The average molecular weight is 367 g/mol. The molecule has 1 heterocycles. The maximum Gasteiger partial charge on any atom is 0.358 e. The molecule has 0 aliphatic rings. The number of hydrogen-bond acceptors (Lipinski definition) is 5. The predicted molar refractivity (Wildman–Crippen MR) is 98.5 cm³/mol. The fourth-order valence-electron chi connectivity index (χ4n) is 2.21. The Morgan fingerprint density at radius 1 is 1.28 bits per heavy atom. The van der Waals surface area contributed by atoms with E-state index in [9.17, 15) is 9.59 Å². The molecule has 8 heteroatoms. The van der Waals surface area contributed by atoms with Crippen LogP contribution in [0.2, 0.25) is 0 Å². The third-order valence-corrected chi connectivity index (χ3v) is 3.44. The van der Waals surface area contributed by atoms with Crippen LogP contribution in [0.1, 0.15) is 24.3 Å². The number of ether oxygens (including phenoxy) is 1. The van der Waals surface area contributed by atoms with E-state index in [2.05, 4.69) is 15.7 Å². The molecular formula is C17H23ClN4O3. The summed E-state index contributed by atoms with van der Waals surface area (Å²) < 4.78 is 6.49. The number of anilines is 1. The summed E-state index contributed by atoms with van der Waals surface area (Å²) in [4.78, 5) is 24.0. The molecule has 2 N–H and O–H groups in total. The first-order valence-electron chi connectivity index (χ1n) is 7.84. The zero-order valence-electron chi connectivity index (χ0n) is 14.5. The number of halogens is 1. The van der Waals surface area contributed by atoms with Crippen molar-refractivity contribution in [2.75, 3.05) is 25.5 Å². The minimum Gasteiger partial charge on any atom is -0.461 e. The maximum absolute atomic E-state index is 12.2. The average Bonchev–Trinajstić information content (AvgIpc) is 3.05. The molecule has 25 heavy (non-hydrogen) atoms. The van der Waals surface area contributed by atoms with Crippen molar-refractivity contribution < 1.29 is 14.3 Å². The Hall–Kier alpha value is -2.38. The Balaban J connectivity index is 0.00000312. The minimum absolute atomic E-state index is 0. The highest BCUT2D eigenvalue weighted by Crippen LogP contribution is 2.20. The molecule has 7 nitrogen and oxygen atoms in total. The van der Waals surface area contributed by atoms with Crippen molar-refractivity contribution >= 4 is 30.0 Å². The summed E-state index contributed by atoms with van der Waals surface area (Å²) >= 11 is 0. The summed E-state index contributed by atoms with van der Waals surface area (Å²) in [6, 6.07) is 8.87. The molecule has 1 amide bonds. The second-order valence-electron chi connectivity index (χ2n) is 5.33. The van der Waals surface area contributed by atoms with E-state index in [1.807, 2.05) is 25.1 Å². The van der Waals surface area contributed by atoms with Crippen LogP contribution in [-0.4, -0.2) is 41.9 Å². The summed E-state index contributed by atoms with van der Waals surface area (Å²) in [5, 5.41) is 10.1. The lowest BCUT2D eigenvalue weighted by Crippen LogP contribution is -2.29. The van der Waals surface area contributed by atoms with E-state index in [0.717, 1.165) is 0 Å². The number of aromatic nitrogens is 2. The molecule has 2 aromatic rings. The van der Waals surface area contributed by atoms with Crippen LogP contribution in [0.5, 0.6) is 0 Å². The van der Waals surface area contributed by atoms with Crippen molar-refractivity contribution in [3.63, 3.8) is 0 Å². The smallest absolute Gasteiger partial charge is 0.358 e. The van der Waals surface area contributed by atoms with Crippen molar-refractivity contribution in [2.24, 2.45) is 5.92 Å². The molecule has 1 aromatic carbocycles. The molecule has 0 radical (unpaired) electrons. The van der Waals surface area contributed by atoms with Crippen LogP contribution in [0.25, 0.3) is 5.69 Å². The number of carbonyl (C=O) groups excluding carboxylic acids is 2. The highest BCUT2D eigenvalue weighted by Gasteiger charge is 2.16. The molecule has 0 aliphatic carbocycles. The summed E-state index contributed by atoms with van der Waals surface area (Å²) in [5.41, 5.74) is 1.53. The van der Waals surface area contributed by atoms with Gasteiger partial charge in [-0.3, -0.25) is 4.79 Å². The van der Waals surface area contributed by atoms with Gasteiger partial charge in [-0.1, -0.05) is 19.1 Å². The number of carbonyl (C=O) groups is 2.